The molecule has 3 aromatic heterocycles. The fourth-order valence-electron chi connectivity index (χ4n) is 3.77. The lowest BCUT2D eigenvalue weighted by molar-refractivity contribution is 0.178. The molecule has 1 aliphatic carbocycles. The summed E-state index contributed by atoms with van der Waals surface area (Å²) in [5.74, 6) is 1.40. The number of rotatable bonds is 7. The van der Waals surface area contributed by atoms with E-state index in [1.807, 2.05) is 12.1 Å². The van der Waals surface area contributed by atoms with Crippen molar-refractivity contribution in [2.45, 2.75) is 38.3 Å². The van der Waals surface area contributed by atoms with Crippen molar-refractivity contribution in [1.82, 2.24) is 19.4 Å². The Bertz CT molecular complexity index is 921. The van der Waals surface area contributed by atoms with Gasteiger partial charge in [0.25, 0.3) is 0 Å². The van der Waals surface area contributed by atoms with Gasteiger partial charge < -0.3 is 24.5 Å². The molecule has 28 heavy (non-hydrogen) atoms. The number of halogens is 1. The number of aliphatic hydroxyl groups is 1. The highest BCUT2D eigenvalue weighted by molar-refractivity contribution is 6.45. The van der Waals surface area contributed by atoms with Crippen molar-refractivity contribution in [1.29, 1.82) is 0 Å². The van der Waals surface area contributed by atoms with Crippen LogP contribution in [0, 0.1) is 5.92 Å². The monoisotopic (exact) mass is 381 g/mol. The molecular formula is C19H23BFN6O. The van der Waals surface area contributed by atoms with Gasteiger partial charge in [0.2, 0.25) is 0 Å². The van der Waals surface area contributed by atoms with E-state index in [0.29, 0.717) is 37.0 Å². The van der Waals surface area contributed by atoms with Crippen LogP contribution in [0.25, 0.3) is 5.65 Å². The van der Waals surface area contributed by atoms with Crippen LogP contribution in [0.4, 0.5) is 16.0 Å². The van der Waals surface area contributed by atoms with E-state index >= 15 is 0 Å². The van der Waals surface area contributed by atoms with E-state index in [2.05, 4.69) is 25.6 Å². The standard InChI is InChI=1S/C19H23BFN6O/c21-20-16-10-24-19-18(23-9-13-4-3-7-22-8-13)26-17(11-27(16)19)25-15-6-2-1-5-14(15)12-28/h3-4,7-8,10-11,14-15,25,28H,1-2,5-6,9,12H2,(H,23,26). The third-order valence-corrected chi connectivity index (χ3v) is 5.29. The van der Waals surface area contributed by atoms with Crippen LogP contribution in [0.2, 0.25) is 0 Å². The predicted molar refractivity (Wildman–Crippen MR) is 108 cm³/mol. The first-order valence-electron chi connectivity index (χ1n) is 9.60. The SMILES string of the molecule is OCC1CCCCC1Nc1cn2c([B]F)cnc2c(NCc2cccnc2)n1. The van der Waals surface area contributed by atoms with Crippen LogP contribution in [0.15, 0.2) is 36.9 Å². The third kappa shape index (κ3) is 3.94. The second-order valence-electron chi connectivity index (χ2n) is 7.15. The Morgan fingerprint density at radius 3 is 2.96 bits per heavy atom. The number of hydrogen-bond acceptors (Lipinski definition) is 6. The Balaban J connectivity index is 1.62. The topological polar surface area (TPSA) is 87.4 Å². The molecule has 1 radical (unpaired) electrons. The second-order valence-corrected chi connectivity index (χ2v) is 7.15. The minimum Gasteiger partial charge on any atom is -0.396 e. The number of pyridine rings is 1. The Labute approximate surface area is 163 Å². The summed E-state index contributed by atoms with van der Waals surface area (Å²) in [6.45, 7) is 0.685. The summed E-state index contributed by atoms with van der Waals surface area (Å²) in [5, 5.41) is 16.4. The molecular weight excluding hydrogens is 358 g/mol. The predicted octanol–water partition coefficient (Wildman–Crippen LogP) is 1.91. The van der Waals surface area contributed by atoms with Crippen LogP contribution in [0.5, 0.6) is 0 Å². The highest BCUT2D eigenvalue weighted by atomic mass is 19.1. The average Bonchev–Trinajstić information content (AvgIpc) is 3.16. The van der Waals surface area contributed by atoms with Gasteiger partial charge in [0.05, 0.1) is 6.20 Å². The van der Waals surface area contributed by atoms with Gasteiger partial charge in [-0.05, 0) is 24.5 Å². The van der Waals surface area contributed by atoms with Gasteiger partial charge in [-0.25, -0.2) is 9.97 Å². The van der Waals surface area contributed by atoms with Crippen LogP contribution >= 0.6 is 0 Å². The second kappa shape index (κ2) is 8.56. The molecule has 0 saturated heterocycles. The summed E-state index contributed by atoms with van der Waals surface area (Å²) >= 11 is 0. The molecule has 2 atom stereocenters. The molecule has 145 valence electrons. The van der Waals surface area contributed by atoms with E-state index in [9.17, 15) is 9.42 Å². The van der Waals surface area contributed by atoms with Gasteiger partial charge in [-0.1, -0.05) is 18.9 Å². The van der Waals surface area contributed by atoms with Gasteiger partial charge in [0, 0.05) is 49.3 Å². The molecule has 1 aliphatic rings. The number of aliphatic hydroxyl groups excluding tert-OH is 1. The summed E-state index contributed by atoms with van der Waals surface area (Å²) < 4.78 is 15.0. The van der Waals surface area contributed by atoms with Crippen LogP contribution in [0.3, 0.4) is 0 Å². The zero-order valence-electron chi connectivity index (χ0n) is 15.6. The molecule has 0 spiro atoms. The van der Waals surface area contributed by atoms with Crippen molar-refractivity contribution in [3.05, 3.63) is 42.5 Å². The minimum atomic E-state index is 0.149. The quantitative estimate of drug-likeness (QED) is 0.542. The molecule has 3 aromatic rings. The van der Waals surface area contributed by atoms with Crippen molar-refractivity contribution in [3.8, 4) is 0 Å². The van der Waals surface area contributed by atoms with Crippen molar-refractivity contribution >= 4 is 30.4 Å². The van der Waals surface area contributed by atoms with Crippen LogP contribution in [-0.4, -0.2) is 44.7 Å². The number of aromatic nitrogens is 4. The summed E-state index contributed by atoms with van der Waals surface area (Å²) in [7, 11) is 0.534. The molecule has 2 unspecified atom stereocenters. The number of nitrogens with one attached hydrogen (secondary N) is 2. The van der Waals surface area contributed by atoms with Gasteiger partial charge in [0.1, 0.15) is 5.82 Å². The number of fused-ring (bicyclic) bond motifs is 1. The summed E-state index contributed by atoms with van der Waals surface area (Å²) in [5.41, 5.74) is 1.92. The molecule has 3 N–H and O–H groups in total. The lowest BCUT2D eigenvalue weighted by Crippen LogP contribution is -2.35. The molecule has 0 aliphatic heterocycles. The minimum absolute atomic E-state index is 0.149. The number of hydrogen-bond donors (Lipinski definition) is 3. The Morgan fingerprint density at radius 2 is 2.18 bits per heavy atom. The highest BCUT2D eigenvalue weighted by Crippen LogP contribution is 2.27. The smallest absolute Gasteiger partial charge is 0.396 e. The maximum absolute atomic E-state index is 13.3. The molecule has 9 heteroatoms. The van der Waals surface area contributed by atoms with E-state index < -0.39 is 0 Å². The van der Waals surface area contributed by atoms with Crippen molar-refractivity contribution in [2.75, 3.05) is 17.2 Å². The van der Waals surface area contributed by atoms with E-state index in [4.69, 9.17) is 0 Å². The van der Waals surface area contributed by atoms with Crippen molar-refractivity contribution in [3.63, 3.8) is 0 Å². The highest BCUT2D eigenvalue weighted by Gasteiger charge is 2.25. The van der Waals surface area contributed by atoms with Gasteiger partial charge in [-0.3, -0.25) is 4.98 Å². The van der Waals surface area contributed by atoms with Gasteiger partial charge in [-0.15, -0.1) is 0 Å². The van der Waals surface area contributed by atoms with E-state index in [-0.39, 0.29) is 18.6 Å². The molecule has 7 nitrogen and oxygen atoms in total. The fraction of sp³-hybridized carbons (Fsp3) is 0.421. The number of anilines is 2. The lowest BCUT2D eigenvalue weighted by Gasteiger charge is -2.31. The molecule has 1 fully saturated rings. The van der Waals surface area contributed by atoms with Gasteiger partial charge in [-0.2, -0.15) is 0 Å². The Morgan fingerprint density at radius 1 is 1.29 bits per heavy atom. The first-order chi connectivity index (χ1) is 13.8. The summed E-state index contributed by atoms with van der Waals surface area (Å²) in [4.78, 5) is 13.1. The number of nitrogens with zero attached hydrogens (tertiary/aromatic N) is 4. The molecule has 1 saturated carbocycles. The van der Waals surface area contributed by atoms with E-state index in [0.717, 1.165) is 31.2 Å². The van der Waals surface area contributed by atoms with Crippen molar-refractivity contribution < 1.29 is 9.42 Å². The molecule has 4 rings (SSSR count). The van der Waals surface area contributed by atoms with E-state index in [1.165, 1.54) is 6.20 Å². The van der Waals surface area contributed by atoms with E-state index in [1.54, 1.807) is 23.0 Å². The zero-order chi connectivity index (χ0) is 19.3. The fourth-order valence-corrected chi connectivity index (χ4v) is 3.77. The largest absolute Gasteiger partial charge is 0.411 e. The Kier molecular flexibility index (Phi) is 5.71. The normalized spacial score (nSPS) is 19.5. The molecule has 0 amide bonds. The molecule has 0 aromatic carbocycles. The number of imidazole rings is 1. The van der Waals surface area contributed by atoms with Crippen LogP contribution in [0.1, 0.15) is 31.2 Å². The summed E-state index contributed by atoms with van der Waals surface area (Å²) in [6, 6.07) is 4.00. The summed E-state index contributed by atoms with van der Waals surface area (Å²) in [6.07, 6.45) is 11.0. The Hall–Kier alpha value is -2.68. The maximum Gasteiger partial charge on any atom is 0.411 e. The van der Waals surface area contributed by atoms with Gasteiger partial charge >= 0.3 is 7.56 Å². The first kappa shape index (κ1) is 18.7. The molecule has 3 heterocycles. The first-order valence-corrected chi connectivity index (χ1v) is 9.60. The van der Waals surface area contributed by atoms with Crippen LogP contribution < -0.4 is 16.2 Å². The zero-order valence-corrected chi connectivity index (χ0v) is 15.6. The van der Waals surface area contributed by atoms with Crippen LogP contribution in [-0.2, 0) is 6.54 Å². The lowest BCUT2D eigenvalue weighted by atomic mass is 9.85. The maximum atomic E-state index is 13.3. The van der Waals surface area contributed by atoms with Gasteiger partial charge in [0.15, 0.2) is 11.5 Å². The van der Waals surface area contributed by atoms with Crippen molar-refractivity contribution in [2.24, 2.45) is 5.92 Å². The average molecular weight is 381 g/mol. The molecule has 0 bridgehead atoms. The third-order valence-electron chi connectivity index (χ3n) is 5.29.